The molecular weight excluding hydrogens is 436 g/mol. The number of nitrogens with one attached hydrogen (secondary N) is 1. The van der Waals surface area contributed by atoms with Crippen LogP contribution in [-0.4, -0.2) is 33.5 Å². The second-order valence-corrected chi connectivity index (χ2v) is 8.17. The van der Waals surface area contributed by atoms with Gasteiger partial charge >= 0.3 is 0 Å². The Labute approximate surface area is 191 Å². The molecule has 3 rings (SSSR count). The van der Waals surface area contributed by atoms with E-state index in [-0.39, 0.29) is 17.8 Å². The third-order valence-corrected chi connectivity index (χ3v) is 5.96. The molecule has 0 bridgehead atoms. The zero-order valence-electron chi connectivity index (χ0n) is 17.9. The molecule has 0 saturated carbocycles. The highest BCUT2D eigenvalue weighted by Crippen LogP contribution is 2.27. The molecule has 7 nitrogen and oxygen atoms in total. The van der Waals surface area contributed by atoms with Gasteiger partial charge in [0.15, 0.2) is 17.1 Å². The van der Waals surface area contributed by atoms with E-state index in [0.717, 1.165) is 11.3 Å². The zero-order chi connectivity index (χ0) is 22.4. The molecule has 2 aromatic carbocycles. The monoisotopic (exact) mass is 460 g/mol. The SMILES string of the molecule is CCn1c(SCC(=O)Nc2ccc(OC)cc2)nnc1C(C)Oc1ccc(Cl)c(C)c1. The maximum absolute atomic E-state index is 12.3. The zero-order valence-corrected chi connectivity index (χ0v) is 19.5. The van der Waals surface area contributed by atoms with E-state index in [4.69, 9.17) is 21.1 Å². The van der Waals surface area contributed by atoms with Crippen molar-refractivity contribution < 1.29 is 14.3 Å². The molecule has 0 fully saturated rings. The number of nitrogens with zero attached hydrogens (tertiary/aromatic N) is 3. The summed E-state index contributed by atoms with van der Waals surface area (Å²) >= 11 is 7.42. The van der Waals surface area contributed by atoms with Crippen molar-refractivity contribution in [2.24, 2.45) is 0 Å². The molecule has 0 aliphatic rings. The molecule has 0 spiro atoms. The van der Waals surface area contributed by atoms with Gasteiger partial charge in [-0.05, 0) is 68.8 Å². The van der Waals surface area contributed by atoms with Crippen LogP contribution in [0.3, 0.4) is 0 Å². The van der Waals surface area contributed by atoms with E-state index in [1.807, 2.05) is 43.5 Å². The molecule has 0 aliphatic carbocycles. The standard InChI is InChI=1S/C22H25ClN4O3S/c1-5-27-21(15(3)30-18-10-11-19(23)14(2)12-18)25-26-22(27)31-13-20(28)24-16-6-8-17(29-4)9-7-16/h6-12,15H,5,13H2,1-4H3,(H,24,28). The molecule has 1 N–H and O–H groups in total. The van der Waals surface area contributed by atoms with Crippen molar-refractivity contribution in [2.75, 3.05) is 18.2 Å². The summed E-state index contributed by atoms with van der Waals surface area (Å²) in [6.07, 6.45) is -0.310. The summed E-state index contributed by atoms with van der Waals surface area (Å²) in [7, 11) is 1.60. The van der Waals surface area contributed by atoms with Gasteiger partial charge in [-0.1, -0.05) is 23.4 Å². The van der Waals surface area contributed by atoms with Crippen LogP contribution >= 0.6 is 23.4 Å². The molecule has 1 heterocycles. The smallest absolute Gasteiger partial charge is 0.234 e. The summed E-state index contributed by atoms with van der Waals surface area (Å²) < 4.78 is 13.1. The molecule has 3 aromatic rings. The van der Waals surface area contributed by atoms with Gasteiger partial charge in [0.05, 0.1) is 12.9 Å². The van der Waals surface area contributed by atoms with Crippen molar-refractivity contribution >= 4 is 35.0 Å². The number of aromatic nitrogens is 3. The van der Waals surface area contributed by atoms with Crippen LogP contribution in [-0.2, 0) is 11.3 Å². The van der Waals surface area contributed by atoms with Gasteiger partial charge < -0.3 is 19.4 Å². The molecule has 0 radical (unpaired) electrons. The molecular formula is C22H25ClN4O3S. The van der Waals surface area contributed by atoms with Crippen LogP contribution in [0.2, 0.25) is 5.02 Å². The van der Waals surface area contributed by atoms with E-state index in [0.29, 0.717) is 34.0 Å². The lowest BCUT2D eigenvalue weighted by Gasteiger charge is -2.16. The average molecular weight is 461 g/mol. The minimum Gasteiger partial charge on any atom is -0.497 e. The average Bonchev–Trinajstić information content (AvgIpc) is 3.18. The number of anilines is 1. The first-order valence-electron chi connectivity index (χ1n) is 9.83. The first-order chi connectivity index (χ1) is 14.9. The van der Waals surface area contributed by atoms with E-state index < -0.39 is 0 Å². The Morgan fingerprint density at radius 2 is 1.90 bits per heavy atom. The van der Waals surface area contributed by atoms with Gasteiger partial charge in [0.1, 0.15) is 11.5 Å². The van der Waals surface area contributed by atoms with Crippen molar-refractivity contribution in [2.45, 2.75) is 38.6 Å². The fraction of sp³-hybridized carbons (Fsp3) is 0.318. The largest absolute Gasteiger partial charge is 0.497 e. The van der Waals surface area contributed by atoms with Crippen LogP contribution in [0, 0.1) is 6.92 Å². The first-order valence-corrected chi connectivity index (χ1v) is 11.2. The Morgan fingerprint density at radius 3 is 2.55 bits per heavy atom. The van der Waals surface area contributed by atoms with Crippen molar-refractivity contribution in [1.29, 1.82) is 0 Å². The van der Waals surface area contributed by atoms with Gasteiger partial charge in [0.25, 0.3) is 0 Å². The van der Waals surface area contributed by atoms with Crippen LogP contribution in [0.15, 0.2) is 47.6 Å². The lowest BCUT2D eigenvalue weighted by molar-refractivity contribution is -0.113. The van der Waals surface area contributed by atoms with E-state index in [1.165, 1.54) is 11.8 Å². The van der Waals surface area contributed by atoms with Crippen molar-refractivity contribution in [1.82, 2.24) is 14.8 Å². The topological polar surface area (TPSA) is 78.3 Å². The number of aryl methyl sites for hydroxylation is 1. The normalized spacial score (nSPS) is 11.8. The van der Waals surface area contributed by atoms with Gasteiger partial charge in [-0.25, -0.2) is 0 Å². The number of hydrogen-bond donors (Lipinski definition) is 1. The number of carbonyl (C=O) groups excluding carboxylic acids is 1. The summed E-state index contributed by atoms with van der Waals surface area (Å²) in [6.45, 7) is 6.52. The number of benzene rings is 2. The molecule has 1 amide bonds. The molecule has 1 aromatic heterocycles. The van der Waals surface area contributed by atoms with Crippen molar-refractivity contribution in [3.8, 4) is 11.5 Å². The Balaban J connectivity index is 1.62. The molecule has 1 atom stereocenters. The van der Waals surface area contributed by atoms with Crippen molar-refractivity contribution in [3.63, 3.8) is 0 Å². The van der Waals surface area contributed by atoms with E-state index in [1.54, 1.807) is 31.4 Å². The van der Waals surface area contributed by atoms with Gasteiger partial charge in [-0.15, -0.1) is 10.2 Å². The Kier molecular flexibility index (Phi) is 7.81. The number of thioether (sulfide) groups is 1. The summed E-state index contributed by atoms with van der Waals surface area (Å²) in [4.78, 5) is 12.3. The van der Waals surface area contributed by atoms with E-state index >= 15 is 0 Å². The number of carbonyl (C=O) groups is 1. The summed E-state index contributed by atoms with van der Waals surface area (Å²) in [6, 6.07) is 12.7. The lowest BCUT2D eigenvalue weighted by atomic mass is 10.2. The molecule has 9 heteroatoms. The number of hydrogen-bond acceptors (Lipinski definition) is 6. The predicted molar refractivity (Wildman–Crippen MR) is 123 cm³/mol. The lowest BCUT2D eigenvalue weighted by Crippen LogP contribution is -2.15. The second-order valence-electron chi connectivity index (χ2n) is 6.82. The fourth-order valence-electron chi connectivity index (χ4n) is 2.95. The number of rotatable bonds is 9. The second kappa shape index (κ2) is 10.5. The number of halogens is 1. The van der Waals surface area contributed by atoms with Crippen LogP contribution in [0.25, 0.3) is 0 Å². The number of ether oxygens (including phenoxy) is 2. The highest BCUT2D eigenvalue weighted by molar-refractivity contribution is 7.99. The number of methoxy groups -OCH3 is 1. The maximum Gasteiger partial charge on any atom is 0.234 e. The minimum absolute atomic E-state index is 0.122. The third kappa shape index (κ3) is 5.92. The van der Waals surface area contributed by atoms with Crippen LogP contribution in [0.5, 0.6) is 11.5 Å². The Bertz CT molecular complexity index is 1040. The highest BCUT2D eigenvalue weighted by Gasteiger charge is 2.19. The summed E-state index contributed by atoms with van der Waals surface area (Å²) in [5.74, 6) is 2.25. The molecule has 164 valence electrons. The highest BCUT2D eigenvalue weighted by atomic mass is 35.5. The molecule has 31 heavy (non-hydrogen) atoms. The third-order valence-electron chi connectivity index (χ3n) is 4.57. The summed E-state index contributed by atoms with van der Waals surface area (Å²) in [5.41, 5.74) is 1.66. The van der Waals surface area contributed by atoms with Gasteiger partial charge in [0, 0.05) is 17.3 Å². The first kappa shape index (κ1) is 23.0. The van der Waals surface area contributed by atoms with Gasteiger partial charge in [-0.3, -0.25) is 4.79 Å². The van der Waals surface area contributed by atoms with Crippen LogP contribution < -0.4 is 14.8 Å². The maximum atomic E-state index is 12.3. The van der Waals surface area contributed by atoms with Crippen molar-refractivity contribution in [3.05, 3.63) is 58.9 Å². The van der Waals surface area contributed by atoms with Gasteiger partial charge in [-0.2, -0.15) is 0 Å². The fourth-order valence-corrected chi connectivity index (χ4v) is 3.88. The number of amides is 1. The Morgan fingerprint density at radius 1 is 1.19 bits per heavy atom. The van der Waals surface area contributed by atoms with E-state index in [2.05, 4.69) is 15.5 Å². The van der Waals surface area contributed by atoms with Gasteiger partial charge in [0.2, 0.25) is 5.91 Å². The quantitative estimate of drug-likeness (QED) is 0.445. The molecule has 0 aliphatic heterocycles. The summed E-state index contributed by atoms with van der Waals surface area (Å²) in [5, 5.41) is 12.8. The van der Waals surface area contributed by atoms with Crippen LogP contribution in [0.4, 0.5) is 5.69 Å². The molecule has 1 unspecified atom stereocenters. The molecule has 0 saturated heterocycles. The van der Waals surface area contributed by atoms with Crippen LogP contribution in [0.1, 0.15) is 31.3 Å². The Hall–Kier alpha value is -2.71. The minimum atomic E-state index is -0.310. The predicted octanol–water partition coefficient (Wildman–Crippen LogP) is 5.14. The van der Waals surface area contributed by atoms with E-state index in [9.17, 15) is 4.79 Å².